The molecule has 0 radical (unpaired) electrons. The van der Waals surface area contributed by atoms with Gasteiger partial charge >= 0.3 is 65.8 Å². The summed E-state index contributed by atoms with van der Waals surface area (Å²) < 4.78 is 242. The molecule has 8 nitrogen and oxygen atoms in total. The molecular weight excluding hydrogens is 783 g/mol. The fraction of sp³-hybridized carbons (Fsp3) is 0.821. The van der Waals surface area contributed by atoms with Crippen LogP contribution in [0.4, 0.5) is 84.2 Å². The number of carbonyl (C=O) groups excluding carboxylic acids is 3. The summed E-state index contributed by atoms with van der Waals surface area (Å²) in [5.74, 6) is -58.1. The minimum atomic E-state index is -8.74. The molecule has 25 heteroatoms. The van der Waals surface area contributed by atoms with E-state index in [0.717, 1.165) is 0 Å². The van der Waals surface area contributed by atoms with E-state index < -0.39 is 95.7 Å². The van der Waals surface area contributed by atoms with Gasteiger partial charge in [-0.15, -0.1) is 0 Å². The molecule has 0 aromatic heterocycles. The van der Waals surface area contributed by atoms with Crippen molar-refractivity contribution in [1.82, 2.24) is 10.6 Å². The van der Waals surface area contributed by atoms with Gasteiger partial charge in [-0.3, -0.25) is 0 Å². The maximum atomic E-state index is 14.2. The van der Waals surface area contributed by atoms with E-state index in [1.165, 1.54) is 6.92 Å². The number of hydrogen-bond donors (Lipinski definition) is 2. The number of rotatable bonds is 16. The van der Waals surface area contributed by atoms with Crippen molar-refractivity contribution >= 4 is 18.2 Å². The predicted molar refractivity (Wildman–Crippen MR) is 144 cm³/mol. The fourth-order valence-corrected chi connectivity index (χ4v) is 5.43. The van der Waals surface area contributed by atoms with Crippen LogP contribution in [0.3, 0.4) is 0 Å². The second-order valence-electron chi connectivity index (χ2n) is 13.3. The molecule has 0 spiro atoms. The summed E-state index contributed by atoms with van der Waals surface area (Å²) in [6.45, 7) is 6.84. The van der Waals surface area contributed by atoms with Gasteiger partial charge in [0.05, 0.1) is 13.0 Å². The lowest BCUT2D eigenvalue weighted by atomic mass is 9.62. The molecule has 0 aromatic carbocycles. The van der Waals surface area contributed by atoms with Crippen molar-refractivity contribution in [3.8, 4) is 0 Å². The molecule has 0 saturated heterocycles. The Morgan fingerprint density at radius 1 is 0.642 bits per heavy atom. The van der Waals surface area contributed by atoms with Crippen LogP contribution in [0.15, 0.2) is 12.2 Å². The quantitative estimate of drug-likeness (QED) is 0.0533. The summed E-state index contributed by atoms with van der Waals surface area (Å²) in [6.07, 6.45) is -13.0. The fourth-order valence-electron chi connectivity index (χ4n) is 5.43. The third-order valence-corrected chi connectivity index (χ3v) is 7.76. The molecule has 0 bridgehead atoms. The molecule has 2 atom stereocenters. The number of amides is 2. The third-order valence-electron chi connectivity index (χ3n) is 7.76. The van der Waals surface area contributed by atoms with Gasteiger partial charge in [-0.05, 0) is 37.0 Å². The van der Waals surface area contributed by atoms with E-state index in [2.05, 4.69) is 21.9 Å². The van der Waals surface area contributed by atoms with Gasteiger partial charge in [0.2, 0.25) is 0 Å². The lowest BCUT2D eigenvalue weighted by Gasteiger charge is -2.46. The zero-order valence-electron chi connectivity index (χ0n) is 27.8. The van der Waals surface area contributed by atoms with Crippen molar-refractivity contribution in [3.63, 3.8) is 0 Å². The van der Waals surface area contributed by atoms with Crippen LogP contribution in [0.25, 0.3) is 0 Å². The first-order valence-corrected chi connectivity index (χ1v) is 14.7. The lowest BCUT2D eigenvalue weighted by Crippen LogP contribution is -2.74. The lowest BCUT2D eigenvalue weighted by molar-refractivity contribution is -0.461. The number of ether oxygens (including phenoxy) is 3. The summed E-state index contributed by atoms with van der Waals surface area (Å²) >= 11 is 0. The Hall–Kier alpha value is -3.44. The first kappa shape index (κ1) is 47.6. The van der Waals surface area contributed by atoms with Crippen LogP contribution in [0.2, 0.25) is 0 Å². The second-order valence-corrected chi connectivity index (χ2v) is 13.3. The number of nitrogens with one attached hydrogen (secondary N) is 2. The van der Waals surface area contributed by atoms with E-state index in [1.807, 2.05) is 0 Å². The predicted octanol–water partition coefficient (Wildman–Crippen LogP) is 8.54. The highest BCUT2D eigenvalue weighted by Gasteiger charge is 2.95. The van der Waals surface area contributed by atoms with Crippen LogP contribution >= 0.6 is 0 Å². The van der Waals surface area contributed by atoms with Gasteiger partial charge < -0.3 is 24.8 Å². The maximum Gasteiger partial charge on any atom is 0.460 e. The van der Waals surface area contributed by atoms with Crippen molar-refractivity contribution < 1.29 is 103 Å². The Morgan fingerprint density at radius 2 is 1.08 bits per heavy atom. The number of esters is 1. The summed E-state index contributed by atoms with van der Waals surface area (Å²) in [5.41, 5.74) is -1.42. The first-order chi connectivity index (χ1) is 23.4. The SMILES string of the molecule is C=C(C)C(=O)OCCOC(=O)NCC1(C)CC(NC(=O)OCCC(F)(F)C(F)(F)C(F)(F)C(F)(F)C(F)(F)C(F)(F)C(F)(F)C(F)(F)F)CC(C)(C)C1. The van der Waals surface area contributed by atoms with Gasteiger partial charge in [-0.1, -0.05) is 27.4 Å². The van der Waals surface area contributed by atoms with Crippen molar-refractivity contribution in [3.05, 3.63) is 12.2 Å². The zero-order valence-corrected chi connectivity index (χ0v) is 27.8. The van der Waals surface area contributed by atoms with Crippen molar-refractivity contribution in [2.24, 2.45) is 10.8 Å². The van der Waals surface area contributed by atoms with Gasteiger partial charge in [0, 0.05) is 18.2 Å². The third kappa shape index (κ3) is 9.82. The average molecular weight is 817 g/mol. The van der Waals surface area contributed by atoms with Crippen LogP contribution in [0, 0.1) is 10.8 Å². The molecule has 2 N–H and O–H groups in total. The van der Waals surface area contributed by atoms with Crippen LogP contribution in [-0.4, -0.2) is 98.2 Å². The summed E-state index contributed by atoms with van der Waals surface area (Å²) in [4.78, 5) is 35.6. The number of alkyl carbamates (subject to hydrolysis) is 2. The molecule has 1 rings (SSSR count). The molecule has 2 amide bonds. The topological polar surface area (TPSA) is 103 Å². The highest BCUT2D eigenvalue weighted by molar-refractivity contribution is 5.86. The Labute approximate surface area is 289 Å². The standard InChI is InChI=1S/C28H33F17N2O6/c1-14(2)16(48)51-8-9-53-17(49)46-13-20(5)11-15(10-19(3,4)12-20)47-18(50)52-7-6-21(29,30)22(31,32)23(33,34)24(35,36)25(37,38)26(39,40)27(41,42)28(43,44)45/h15H,1,6-13H2,2-5H3,(H,46,49)(H,47,50). The maximum absolute atomic E-state index is 14.2. The Balaban J connectivity index is 2.96. The molecule has 0 heterocycles. The van der Waals surface area contributed by atoms with Gasteiger partial charge in [0.15, 0.2) is 0 Å². The van der Waals surface area contributed by atoms with Crippen molar-refractivity contribution in [1.29, 1.82) is 0 Å². The van der Waals surface area contributed by atoms with E-state index in [-0.39, 0.29) is 38.2 Å². The van der Waals surface area contributed by atoms with E-state index in [0.29, 0.717) is 6.42 Å². The number of carbonyl (C=O) groups is 3. The number of alkyl halides is 17. The summed E-state index contributed by atoms with van der Waals surface area (Å²) in [7, 11) is 0. The highest BCUT2D eigenvalue weighted by atomic mass is 19.4. The number of halogens is 17. The molecule has 1 fully saturated rings. The molecule has 0 aromatic rings. The Bertz CT molecular complexity index is 1350. The molecule has 1 aliphatic carbocycles. The zero-order chi connectivity index (χ0) is 42.1. The Kier molecular flexibility index (Phi) is 13.8. The van der Waals surface area contributed by atoms with Crippen molar-refractivity contribution in [2.45, 2.75) is 107 Å². The molecule has 0 aliphatic heterocycles. The summed E-state index contributed by atoms with van der Waals surface area (Å²) in [6, 6.07) is -0.945. The average Bonchev–Trinajstić information content (AvgIpc) is 2.95. The Morgan fingerprint density at radius 3 is 1.55 bits per heavy atom. The molecule has 2 unspecified atom stereocenters. The van der Waals surface area contributed by atoms with E-state index in [4.69, 9.17) is 9.47 Å². The van der Waals surface area contributed by atoms with Gasteiger partial charge in [-0.2, -0.15) is 74.6 Å². The minimum Gasteiger partial charge on any atom is -0.459 e. The number of hydrogen-bond acceptors (Lipinski definition) is 6. The van der Waals surface area contributed by atoms with Gasteiger partial charge in [0.25, 0.3) is 0 Å². The second kappa shape index (κ2) is 15.4. The van der Waals surface area contributed by atoms with Gasteiger partial charge in [-0.25, -0.2) is 14.4 Å². The van der Waals surface area contributed by atoms with E-state index >= 15 is 0 Å². The van der Waals surface area contributed by atoms with Gasteiger partial charge in [0.1, 0.15) is 13.2 Å². The molecule has 310 valence electrons. The van der Waals surface area contributed by atoms with Crippen LogP contribution in [0.1, 0.15) is 53.4 Å². The molecule has 1 saturated carbocycles. The van der Waals surface area contributed by atoms with E-state index in [1.54, 1.807) is 20.8 Å². The summed E-state index contributed by atoms with van der Waals surface area (Å²) in [5, 5.41) is 4.54. The monoisotopic (exact) mass is 816 g/mol. The van der Waals surface area contributed by atoms with E-state index in [9.17, 15) is 89.0 Å². The smallest absolute Gasteiger partial charge is 0.459 e. The van der Waals surface area contributed by atoms with Crippen LogP contribution in [0.5, 0.6) is 0 Å². The molecular formula is C28H33F17N2O6. The molecule has 1 aliphatic rings. The van der Waals surface area contributed by atoms with Crippen LogP contribution < -0.4 is 10.6 Å². The van der Waals surface area contributed by atoms with Crippen LogP contribution in [-0.2, 0) is 19.0 Å². The highest BCUT2D eigenvalue weighted by Crippen LogP contribution is 2.64. The van der Waals surface area contributed by atoms with Crippen molar-refractivity contribution in [2.75, 3.05) is 26.4 Å². The first-order valence-electron chi connectivity index (χ1n) is 14.7. The largest absolute Gasteiger partial charge is 0.460 e. The minimum absolute atomic E-state index is 0.0101. The normalized spacial score (nSPS) is 20.7. The molecule has 53 heavy (non-hydrogen) atoms.